The number of carbonyl (C=O) groups excluding carboxylic acids is 1. The largest absolute Gasteiger partial charge is 0.457 e. The van der Waals surface area contributed by atoms with E-state index < -0.39 is 17.7 Å². The monoisotopic (exact) mass is 460 g/mol. The van der Waals surface area contributed by atoms with Gasteiger partial charge >= 0.3 is 5.30 Å². The van der Waals surface area contributed by atoms with Crippen molar-refractivity contribution in [2.24, 2.45) is 23.7 Å². The van der Waals surface area contributed by atoms with Crippen LogP contribution in [0.4, 0.5) is 4.79 Å². The lowest BCUT2D eigenvalue weighted by atomic mass is 9.58. The Bertz CT molecular complexity index is 654. The normalized spacial score (nSPS) is 45.5. The fourth-order valence-electron chi connectivity index (χ4n) is 5.63. The summed E-state index contributed by atoms with van der Waals surface area (Å²) in [5.74, 6) is 1.54. The number of hydrogen-bond acceptors (Lipinski definition) is 8. The Hall–Kier alpha value is 0.01000. The van der Waals surface area contributed by atoms with Crippen molar-refractivity contribution in [3.63, 3.8) is 0 Å². The average Bonchev–Trinajstić information content (AvgIpc) is 2.87. The molecule has 0 radical (unpaired) electrons. The van der Waals surface area contributed by atoms with Crippen LogP contribution in [0.15, 0.2) is 0 Å². The third-order valence-electron chi connectivity index (χ3n) is 7.07. The molecule has 4 aliphatic heterocycles. The van der Waals surface area contributed by atoms with Crippen molar-refractivity contribution in [2.75, 3.05) is 12.4 Å². The first kappa shape index (κ1) is 23.2. The molecule has 0 N–H and O–H groups in total. The molecule has 1 spiro atoms. The second-order valence-corrected chi connectivity index (χ2v) is 13.4. The molecular weight excluding hydrogens is 424 g/mol. The summed E-state index contributed by atoms with van der Waals surface area (Å²) in [5.41, 5.74) is -0.528. The minimum atomic E-state index is -0.743. The molecule has 1 aliphatic carbocycles. The highest BCUT2D eigenvalue weighted by Crippen LogP contribution is 2.61. The van der Waals surface area contributed by atoms with Gasteiger partial charge in [-0.25, -0.2) is 14.6 Å². The lowest BCUT2D eigenvalue weighted by Gasteiger charge is -2.60. The number of thioether (sulfide) groups is 2. The van der Waals surface area contributed by atoms with Crippen LogP contribution in [0.5, 0.6) is 0 Å². The molecule has 1 unspecified atom stereocenters. The number of carbonyl (C=O) groups is 1. The van der Waals surface area contributed by atoms with E-state index in [1.165, 1.54) is 18.2 Å². The highest BCUT2D eigenvalue weighted by Gasteiger charge is 2.69. The second-order valence-electron chi connectivity index (χ2n) is 10.5. The first-order chi connectivity index (χ1) is 14.0. The van der Waals surface area contributed by atoms with E-state index in [0.29, 0.717) is 36.0 Å². The standard InChI is InChI=1S/C22H36O6S2/c1-13-7-8-16-14(2)17(29-12-11-24-19(23)30-20(3,4)5)25-18-22(16)15(13)9-10-21(6,26-18)27-28-22/h13-18H,7-12H2,1-6H3/t13-,14-,15+,16+,17+,18-,21?,22-/m1/s1. The fourth-order valence-corrected chi connectivity index (χ4v) is 7.36. The van der Waals surface area contributed by atoms with E-state index in [1.807, 2.05) is 27.7 Å². The van der Waals surface area contributed by atoms with Crippen molar-refractivity contribution in [2.45, 2.75) is 95.1 Å². The van der Waals surface area contributed by atoms with Crippen molar-refractivity contribution in [3.05, 3.63) is 0 Å². The molecule has 0 aromatic rings. The van der Waals surface area contributed by atoms with E-state index in [1.54, 1.807) is 11.8 Å². The van der Waals surface area contributed by atoms with Gasteiger partial charge in [-0.05, 0) is 55.7 Å². The van der Waals surface area contributed by atoms with Crippen LogP contribution in [0.25, 0.3) is 0 Å². The average molecular weight is 461 g/mol. The van der Waals surface area contributed by atoms with E-state index in [-0.39, 0.29) is 15.5 Å². The molecule has 6 nitrogen and oxygen atoms in total. The lowest BCUT2D eigenvalue weighted by molar-refractivity contribution is -0.568. The molecule has 0 amide bonds. The maximum atomic E-state index is 11.9. The van der Waals surface area contributed by atoms with Crippen LogP contribution in [0.2, 0.25) is 0 Å². The van der Waals surface area contributed by atoms with Crippen LogP contribution in [0.1, 0.15) is 67.2 Å². The number of ether oxygens (including phenoxy) is 3. The molecule has 4 heterocycles. The predicted molar refractivity (Wildman–Crippen MR) is 118 cm³/mol. The molecule has 4 saturated heterocycles. The molecule has 5 rings (SSSR count). The third-order valence-corrected chi connectivity index (χ3v) is 9.24. The molecule has 8 heteroatoms. The van der Waals surface area contributed by atoms with Crippen molar-refractivity contribution >= 4 is 28.8 Å². The maximum Gasteiger partial charge on any atom is 0.367 e. The van der Waals surface area contributed by atoms with E-state index in [4.69, 9.17) is 24.0 Å². The summed E-state index contributed by atoms with van der Waals surface area (Å²) < 4.78 is 18.2. The fraction of sp³-hybridized carbons (Fsp3) is 0.955. The quantitative estimate of drug-likeness (QED) is 0.305. The van der Waals surface area contributed by atoms with E-state index in [0.717, 1.165) is 19.3 Å². The van der Waals surface area contributed by atoms with Crippen LogP contribution in [0.3, 0.4) is 0 Å². The van der Waals surface area contributed by atoms with Gasteiger partial charge in [0.05, 0.1) is 0 Å². The van der Waals surface area contributed by atoms with Crippen molar-refractivity contribution in [1.29, 1.82) is 0 Å². The topological polar surface area (TPSA) is 63.2 Å². The van der Waals surface area contributed by atoms with Gasteiger partial charge in [0.2, 0.25) is 5.79 Å². The van der Waals surface area contributed by atoms with Crippen LogP contribution in [-0.2, 0) is 24.0 Å². The van der Waals surface area contributed by atoms with Crippen LogP contribution in [-0.4, -0.2) is 45.5 Å². The first-order valence-corrected chi connectivity index (χ1v) is 13.1. The van der Waals surface area contributed by atoms with Gasteiger partial charge in [-0.15, -0.1) is 11.8 Å². The highest BCUT2D eigenvalue weighted by molar-refractivity contribution is 8.14. The summed E-state index contributed by atoms with van der Waals surface area (Å²) in [7, 11) is 0. The molecule has 8 atom stereocenters. The van der Waals surface area contributed by atoms with Gasteiger partial charge in [0.25, 0.3) is 0 Å². The van der Waals surface area contributed by atoms with Gasteiger partial charge in [0, 0.05) is 22.8 Å². The molecule has 172 valence electrons. The van der Waals surface area contributed by atoms with E-state index >= 15 is 0 Å². The summed E-state index contributed by atoms with van der Waals surface area (Å²) in [6.45, 7) is 12.9. The van der Waals surface area contributed by atoms with E-state index in [2.05, 4.69) is 13.8 Å². The lowest BCUT2D eigenvalue weighted by Crippen LogP contribution is -2.70. The van der Waals surface area contributed by atoms with Gasteiger partial charge in [-0.2, -0.15) is 0 Å². The van der Waals surface area contributed by atoms with Crippen LogP contribution in [0, 0.1) is 23.7 Å². The zero-order valence-corrected chi connectivity index (χ0v) is 20.6. The van der Waals surface area contributed by atoms with Crippen molar-refractivity contribution in [1.82, 2.24) is 0 Å². The molecule has 1 saturated carbocycles. The maximum absolute atomic E-state index is 11.9. The first-order valence-electron chi connectivity index (χ1n) is 11.2. The molecular formula is C22H36O6S2. The Labute approximate surface area is 188 Å². The summed E-state index contributed by atoms with van der Waals surface area (Å²) in [5, 5.41) is -0.216. The second kappa shape index (κ2) is 8.41. The highest BCUT2D eigenvalue weighted by atomic mass is 32.2. The zero-order chi connectivity index (χ0) is 21.7. The molecule has 30 heavy (non-hydrogen) atoms. The molecule has 5 fully saturated rings. The van der Waals surface area contributed by atoms with Crippen molar-refractivity contribution < 1.29 is 28.8 Å². The Morgan fingerprint density at radius 3 is 2.63 bits per heavy atom. The summed E-state index contributed by atoms with van der Waals surface area (Å²) >= 11 is 2.94. The van der Waals surface area contributed by atoms with Gasteiger partial charge in [-0.3, -0.25) is 0 Å². The number of hydrogen-bond donors (Lipinski definition) is 0. The Morgan fingerprint density at radius 2 is 1.90 bits per heavy atom. The zero-order valence-electron chi connectivity index (χ0n) is 19.0. The SMILES string of the molecule is C[C@H]1[C@H](SCCOC(=O)SC(C)(C)C)O[C@@H]2OC3(C)CC[C@H]4[C@H](C)CC[C@@H]1[C@@]24OO3. The smallest absolute Gasteiger partial charge is 0.367 e. The minimum absolute atomic E-state index is 0.0137. The molecule has 2 bridgehead atoms. The number of rotatable bonds is 4. The summed E-state index contributed by atoms with van der Waals surface area (Å²) in [6, 6.07) is 0. The van der Waals surface area contributed by atoms with Crippen LogP contribution < -0.4 is 0 Å². The van der Waals surface area contributed by atoms with Gasteiger partial charge in [0.1, 0.15) is 12.0 Å². The van der Waals surface area contributed by atoms with E-state index in [9.17, 15) is 4.79 Å². The number of fused-ring (bicyclic) bond motifs is 2. The Balaban J connectivity index is 1.41. The predicted octanol–water partition coefficient (Wildman–Crippen LogP) is 5.60. The third kappa shape index (κ3) is 4.29. The summed E-state index contributed by atoms with van der Waals surface area (Å²) in [6.07, 6.45) is 3.75. The molecule has 5 aliphatic rings. The van der Waals surface area contributed by atoms with Gasteiger partial charge < -0.3 is 14.2 Å². The summed E-state index contributed by atoms with van der Waals surface area (Å²) in [4.78, 5) is 24.0. The van der Waals surface area contributed by atoms with Crippen LogP contribution >= 0.6 is 23.5 Å². The minimum Gasteiger partial charge on any atom is -0.457 e. The van der Waals surface area contributed by atoms with Gasteiger partial charge in [0.15, 0.2) is 11.9 Å². The Kier molecular flexibility index (Phi) is 6.50. The Morgan fingerprint density at radius 1 is 1.13 bits per heavy atom. The molecule has 0 aromatic heterocycles. The molecule has 0 aromatic carbocycles. The van der Waals surface area contributed by atoms with Gasteiger partial charge in [-0.1, -0.05) is 34.6 Å². The van der Waals surface area contributed by atoms with Crippen molar-refractivity contribution in [3.8, 4) is 0 Å².